The maximum atomic E-state index is 5.94. The summed E-state index contributed by atoms with van der Waals surface area (Å²) < 4.78 is 11.3. The van der Waals surface area contributed by atoms with Crippen molar-refractivity contribution in [2.75, 3.05) is 18.5 Å². The zero-order valence-corrected chi connectivity index (χ0v) is 16.6. The number of nitrogens with one attached hydrogen (secondary N) is 1. The Labute approximate surface area is 162 Å². The van der Waals surface area contributed by atoms with Crippen LogP contribution in [0.4, 0.5) is 5.69 Å². The first kappa shape index (κ1) is 18.8. The molecule has 24 heavy (non-hydrogen) atoms. The monoisotopic (exact) mass is 460 g/mol. The quantitative estimate of drug-likeness (QED) is 0.415. The first-order chi connectivity index (χ1) is 11.2. The molecule has 0 unspecified atom stereocenters. The summed E-state index contributed by atoms with van der Waals surface area (Å²) in [4.78, 5) is 8.79. The highest BCUT2D eigenvalue weighted by molar-refractivity contribution is 14.0. The van der Waals surface area contributed by atoms with Crippen LogP contribution in [0.5, 0.6) is 11.5 Å². The van der Waals surface area contributed by atoms with Crippen LogP contribution < -0.4 is 20.5 Å². The highest BCUT2D eigenvalue weighted by Gasteiger charge is 2.10. The van der Waals surface area contributed by atoms with Crippen molar-refractivity contribution in [2.24, 2.45) is 10.7 Å². The Kier molecular flexibility index (Phi) is 7.10. The van der Waals surface area contributed by atoms with Gasteiger partial charge in [-0.2, -0.15) is 0 Å². The number of fused-ring (bicyclic) bond motifs is 1. The van der Waals surface area contributed by atoms with E-state index < -0.39 is 0 Å². The highest BCUT2D eigenvalue weighted by Crippen LogP contribution is 2.32. The summed E-state index contributed by atoms with van der Waals surface area (Å²) in [5.74, 6) is 1.84. The third kappa shape index (κ3) is 4.97. The van der Waals surface area contributed by atoms with Crippen molar-refractivity contribution in [1.82, 2.24) is 4.98 Å². The van der Waals surface area contributed by atoms with Crippen LogP contribution in [0, 0.1) is 0 Å². The number of ether oxygens (including phenoxy) is 2. The molecule has 3 rings (SSSR count). The largest absolute Gasteiger partial charge is 0.490 e. The Morgan fingerprint density at radius 3 is 2.88 bits per heavy atom. The van der Waals surface area contributed by atoms with Gasteiger partial charge in [0.05, 0.1) is 30.5 Å². The first-order valence-corrected chi connectivity index (χ1v) is 8.52. The van der Waals surface area contributed by atoms with Crippen LogP contribution in [0.2, 0.25) is 0 Å². The van der Waals surface area contributed by atoms with Gasteiger partial charge in [0.1, 0.15) is 0 Å². The van der Waals surface area contributed by atoms with Gasteiger partial charge in [-0.3, -0.25) is 0 Å². The number of anilines is 1. The molecule has 1 aliphatic rings. The molecule has 0 atom stereocenters. The zero-order chi connectivity index (χ0) is 16.1. The van der Waals surface area contributed by atoms with E-state index in [2.05, 4.69) is 22.2 Å². The summed E-state index contributed by atoms with van der Waals surface area (Å²) in [6.45, 7) is 3.90. The smallest absolute Gasteiger partial charge is 0.193 e. The molecule has 8 heteroatoms. The Bertz CT molecular complexity index is 705. The average Bonchev–Trinajstić information content (AvgIpc) is 2.90. The number of nitrogens with two attached hydrogens (primary N) is 1. The average molecular weight is 460 g/mol. The molecular weight excluding hydrogens is 439 g/mol. The van der Waals surface area contributed by atoms with E-state index in [1.807, 2.05) is 23.6 Å². The second-order valence-electron chi connectivity index (χ2n) is 5.12. The number of aliphatic imine (C=N–C) groups is 1. The lowest BCUT2D eigenvalue weighted by molar-refractivity contribution is 0.297. The van der Waals surface area contributed by atoms with Crippen molar-refractivity contribution < 1.29 is 9.47 Å². The molecule has 1 aromatic heterocycles. The van der Waals surface area contributed by atoms with Crippen LogP contribution in [0.15, 0.2) is 28.6 Å². The molecule has 130 valence electrons. The summed E-state index contributed by atoms with van der Waals surface area (Å²) in [6, 6.07) is 5.65. The third-order valence-corrected chi connectivity index (χ3v) is 4.38. The molecule has 2 aromatic rings. The number of rotatable bonds is 4. The number of aryl methyl sites for hydroxylation is 1. The number of benzene rings is 1. The lowest BCUT2D eigenvalue weighted by Gasteiger charge is -2.10. The lowest BCUT2D eigenvalue weighted by atomic mass is 10.3. The number of aromatic nitrogens is 1. The molecular formula is C16H21IN4O2S. The number of thiazole rings is 1. The van der Waals surface area contributed by atoms with Crippen LogP contribution in [0.3, 0.4) is 0 Å². The van der Waals surface area contributed by atoms with E-state index in [9.17, 15) is 0 Å². The second kappa shape index (κ2) is 9.07. The van der Waals surface area contributed by atoms with Gasteiger partial charge in [0.25, 0.3) is 0 Å². The van der Waals surface area contributed by atoms with Crippen molar-refractivity contribution in [2.45, 2.75) is 26.3 Å². The molecule has 0 spiro atoms. The molecule has 0 amide bonds. The summed E-state index contributed by atoms with van der Waals surface area (Å²) in [5, 5.41) is 6.20. The summed E-state index contributed by atoms with van der Waals surface area (Å²) >= 11 is 1.65. The van der Waals surface area contributed by atoms with E-state index in [-0.39, 0.29) is 24.0 Å². The van der Waals surface area contributed by atoms with Gasteiger partial charge in [-0.1, -0.05) is 6.92 Å². The fraction of sp³-hybridized carbons (Fsp3) is 0.375. The summed E-state index contributed by atoms with van der Waals surface area (Å²) in [5.41, 5.74) is 7.70. The molecule has 0 bridgehead atoms. The van der Waals surface area contributed by atoms with E-state index in [0.29, 0.717) is 25.7 Å². The number of guanidine groups is 1. The van der Waals surface area contributed by atoms with Crippen LogP contribution in [-0.4, -0.2) is 24.2 Å². The van der Waals surface area contributed by atoms with Crippen molar-refractivity contribution in [3.63, 3.8) is 0 Å². The van der Waals surface area contributed by atoms with Gasteiger partial charge in [-0.15, -0.1) is 35.3 Å². The minimum Gasteiger partial charge on any atom is -0.490 e. The first-order valence-electron chi connectivity index (χ1n) is 7.64. The number of nitrogens with zero attached hydrogens (tertiary/aromatic N) is 2. The second-order valence-corrected chi connectivity index (χ2v) is 6.07. The molecule has 3 N–H and O–H groups in total. The van der Waals surface area contributed by atoms with E-state index in [1.165, 1.54) is 0 Å². The van der Waals surface area contributed by atoms with Gasteiger partial charge < -0.3 is 20.5 Å². The number of hydrogen-bond donors (Lipinski definition) is 2. The van der Waals surface area contributed by atoms with Crippen LogP contribution >= 0.6 is 35.3 Å². The fourth-order valence-electron chi connectivity index (χ4n) is 2.18. The molecule has 0 saturated carbocycles. The summed E-state index contributed by atoms with van der Waals surface area (Å²) in [6.07, 6.45) is 1.83. The van der Waals surface area contributed by atoms with Crippen molar-refractivity contribution in [3.05, 3.63) is 34.3 Å². The Hall–Kier alpha value is -1.55. The molecule has 0 fully saturated rings. The molecule has 0 aliphatic carbocycles. The summed E-state index contributed by atoms with van der Waals surface area (Å²) in [7, 11) is 0. The van der Waals surface area contributed by atoms with Crippen LogP contribution in [0.25, 0.3) is 0 Å². The van der Waals surface area contributed by atoms with Crippen molar-refractivity contribution >= 4 is 47.0 Å². The van der Waals surface area contributed by atoms with E-state index in [0.717, 1.165) is 40.7 Å². The van der Waals surface area contributed by atoms with Gasteiger partial charge in [0, 0.05) is 23.6 Å². The minimum absolute atomic E-state index is 0. The van der Waals surface area contributed by atoms with E-state index in [4.69, 9.17) is 15.2 Å². The van der Waals surface area contributed by atoms with Gasteiger partial charge in [0.2, 0.25) is 0 Å². The maximum absolute atomic E-state index is 5.94. The lowest BCUT2D eigenvalue weighted by Crippen LogP contribution is -2.22. The third-order valence-electron chi connectivity index (χ3n) is 3.33. The van der Waals surface area contributed by atoms with Gasteiger partial charge >= 0.3 is 0 Å². The minimum atomic E-state index is 0. The Morgan fingerprint density at radius 1 is 1.33 bits per heavy atom. The van der Waals surface area contributed by atoms with E-state index in [1.54, 1.807) is 11.3 Å². The van der Waals surface area contributed by atoms with Gasteiger partial charge in [-0.05, 0) is 18.6 Å². The zero-order valence-electron chi connectivity index (χ0n) is 13.4. The predicted octanol–water partition coefficient (Wildman–Crippen LogP) is 3.41. The number of halogens is 1. The van der Waals surface area contributed by atoms with Crippen molar-refractivity contribution in [1.29, 1.82) is 0 Å². The predicted molar refractivity (Wildman–Crippen MR) is 108 cm³/mol. The van der Waals surface area contributed by atoms with Crippen LogP contribution in [0.1, 0.15) is 24.0 Å². The van der Waals surface area contributed by atoms with Crippen LogP contribution in [-0.2, 0) is 13.0 Å². The highest BCUT2D eigenvalue weighted by atomic mass is 127. The Morgan fingerprint density at radius 2 is 2.12 bits per heavy atom. The molecule has 0 radical (unpaired) electrons. The molecule has 6 nitrogen and oxygen atoms in total. The Balaban J connectivity index is 0.00000208. The SMILES string of the molecule is CCc1nc(CN=C(N)Nc2ccc3c(c2)OCCCO3)cs1.I. The normalized spacial score (nSPS) is 13.8. The number of hydrogen-bond acceptors (Lipinski definition) is 5. The molecule has 1 aromatic carbocycles. The molecule has 1 aliphatic heterocycles. The molecule has 0 saturated heterocycles. The standard InChI is InChI=1S/C16H20N4O2S.HI/c1-2-15-19-12(10-23-15)9-18-16(17)20-11-4-5-13-14(8-11)22-7-3-6-21-13;/h4-5,8,10H,2-3,6-7,9H2,1H3,(H3,17,18,20);1H. The molecule has 2 heterocycles. The van der Waals surface area contributed by atoms with Crippen molar-refractivity contribution in [3.8, 4) is 11.5 Å². The topological polar surface area (TPSA) is 81.8 Å². The van der Waals surface area contributed by atoms with E-state index >= 15 is 0 Å². The fourth-order valence-corrected chi connectivity index (χ4v) is 2.91. The van der Waals surface area contributed by atoms with Gasteiger partial charge in [0.15, 0.2) is 17.5 Å². The maximum Gasteiger partial charge on any atom is 0.193 e. The van der Waals surface area contributed by atoms with Gasteiger partial charge in [-0.25, -0.2) is 9.98 Å².